The maximum atomic E-state index is 13.4. The molecule has 0 radical (unpaired) electrons. The van der Waals surface area contributed by atoms with Crippen LogP contribution in [0.3, 0.4) is 0 Å². The third-order valence-corrected chi connectivity index (χ3v) is 5.98. The fourth-order valence-corrected chi connectivity index (χ4v) is 4.38. The van der Waals surface area contributed by atoms with Crippen LogP contribution >= 0.6 is 0 Å². The Bertz CT molecular complexity index is 990. The first kappa shape index (κ1) is 18.5. The average molecular weight is 374 g/mol. The first-order chi connectivity index (χ1) is 13.6. The summed E-state index contributed by atoms with van der Waals surface area (Å²) in [6.45, 7) is 4.77. The van der Waals surface area contributed by atoms with E-state index in [2.05, 4.69) is 40.7 Å². The first-order valence-electron chi connectivity index (χ1n) is 9.98. The topological polar surface area (TPSA) is 38.1 Å². The van der Waals surface area contributed by atoms with E-state index in [-0.39, 0.29) is 11.9 Å². The molecule has 144 valence electrons. The molecule has 4 nitrogen and oxygen atoms in total. The number of fused-ring (bicyclic) bond motifs is 1. The molecule has 0 saturated heterocycles. The molecule has 0 saturated carbocycles. The van der Waals surface area contributed by atoms with E-state index in [1.165, 1.54) is 11.1 Å². The summed E-state index contributed by atoms with van der Waals surface area (Å²) in [5.41, 5.74) is 6.55. The molecule has 28 heavy (non-hydrogen) atoms. The highest BCUT2D eigenvalue weighted by molar-refractivity contribution is 5.96. The van der Waals surface area contributed by atoms with Gasteiger partial charge in [0, 0.05) is 24.6 Å². The van der Waals surface area contributed by atoms with Crippen LogP contribution in [0.2, 0.25) is 0 Å². The lowest BCUT2D eigenvalue weighted by Gasteiger charge is -2.33. The molecular formula is C24H27N3O. The molecule has 1 unspecified atom stereocenters. The van der Waals surface area contributed by atoms with Crippen molar-refractivity contribution in [1.29, 1.82) is 0 Å². The zero-order valence-electron chi connectivity index (χ0n) is 16.9. The van der Waals surface area contributed by atoms with Crippen LogP contribution in [0.15, 0.2) is 54.7 Å². The molecule has 1 amide bonds. The Morgan fingerprint density at radius 2 is 1.96 bits per heavy atom. The lowest BCUT2D eigenvalue weighted by molar-refractivity contribution is 0.0714. The van der Waals surface area contributed by atoms with Crippen molar-refractivity contribution < 1.29 is 4.79 Å². The lowest BCUT2D eigenvalue weighted by atomic mass is 9.87. The Morgan fingerprint density at radius 3 is 2.75 bits per heavy atom. The van der Waals surface area contributed by atoms with Gasteiger partial charge < -0.3 is 9.47 Å². The van der Waals surface area contributed by atoms with Crippen LogP contribution in [0.4, 0.5) is 0 Å². The summed E-state index contributed by atoms with van der Waals surface area (Å²) >= 11 is 0. The SMILES string of the molecule is Cc1cc(C(=O)N(C)C2CCCc3ccccc32)c(C)n1Cc1ccccn1. The number of hydrogen-bond donors (Lipinski definition) is 0. The van der Waals surface area contributed by atoms with Gasteiger partial charge in [-0.15, -0.1) is 0 Å². The van der Waals surface area contributed by atoms with Crippen LogP contribution in [0, 0.1) is 13.8 Å². The fourth-order valence-electron chi connectivity index (χ4n) is 4.38. The molecule has 2 heterocycles. The zero-order chi connectivity index (χ0) is 19.7. The largest absolute Gasteiger partial charge is 0.342 e. The van der Waals surface area contributed by atoms with E-state index in [4.69, 9.17) is 0 Å². The summed E-state index contributed by atoms with van der Waals surface area (Å²) < 4.78 is 2.18. The number of amides is 1. The molecule has 1 aromatic carbocycles. The number of rotatable bonds is 4. The Hall–Kier alpha value is -2.88. The Labute approximate surface area is 166 Å². The van der Waals surface area contributed by atoms with E-state index >= 15 is 0 Å². The second-order valence-corrected chi connectivity index (χ2v) is 7.71. The van der Waals surface area contributed by atoms with Crippen molar-refractivity contribution in [3.05, 3.63) is 88.5 Å². The van der Waals surface area contributed by atoms with Gasteiger partial charge in [0.15, 0.2) is 0 Å². The van der Waals surface area contributed by atoms with Gasteiger partial charge in [-0.1, -0.05) is 30.3 Å². The highest BCUT2D eigenvalue weighted by atomic mass is 16.2. The number of aromatic nitrogens is 2. The zero-order valence-corrected chi connectivity index (χ0v) is 16.9. The van der Waals surface area contributed by atoms with Gasteiger partial charge in [0.2, 0.25) is 0 Å². The van der Waals surface area contributed by atoms with Crippen LogP contribution in [0.1, 0.15) is 57.5 Å². The summed E-state index contributed by atoms with van der Waals surface area (Å²) in [6, 6.07) is 16.6. The number of pyridine rings is 1. The third-order valence-electron chi connectivity index (χ3n) is 5.98. The monoisotopic (exact) mass is 373 g/mol. The number of hydrogen-bond acceptors (Lipinski definition) is 2. The number of nitrogens with zero attached hydrogens (tertiary/aromatic N) is 3. The quantitative estimate of drug-likeness (QED) is 0.665. The highest BCUT2D eigenvalue weighted by Gasteiger charge is 2.28. The number of benzene rings is 1. The molecule has 0 spiro atoms. The molecular weight excluding hydrogens is 346 g/mol. The summed E-state index contributed by atoms with van der Waals surface area (Å²) in [4.78, 5) is 19.8. The van der Waals surface area contributed by atoms with Gasteiger partial charge in [0.25, 0.3) is 5.91 Å². The minimum Gasteiger partial charge on any atom is -0.342 e. The molecule has 0 bridgehead atoms. The van der Waals surface area contributed by atoms with Gasteiger partial charge in [-0.25, -0.2) is 0 Å². The lowest BCUT2D eigenvalue weighted by Crippen LogP contribution is -2.33. The normalized spacial score (nSPS) is 15.9. The van der Waals surface area contributed by atoms with Crippen molar-refractivity contribution in [2.45, 2.75) is 45.7 Å². The summed E-state index contributed by atoms with van der Waals surface area (Å²) in [5, 5.41) is 0. The minimum atomic E-state index is 0.0991. The molecule has 3 aromatic rings. The standard InChI is InChI=1S/C24H27N3O/c1-17-15-22(18(2)27(17)16-20-11-6-7-14-25-20)24(28)26(3)23-13-8-10-19-9-4-5-12-21(19)23/h4-7,9,11-12,14-15,23H,8,10,13,16H2,1-3H3. The maximum Gasteiger partial charge on any atom is 0.255 e. The molecule has 4 heteroatoms. The fraction of sp³-hybridized carbons (Fsp3) is 0.333. The van der Waals surface area contributed by atoms with Crippen molar-refractivity contribution in [3.63, 3.8) is 0 Å². The maximum absolute atomic E-state index is 13.4. The van der Waals surface area contributed by atoms with E-state index in [1.54, 1.807) is 0 Å². The smallest absolute Gasteiger partial charge is 0.255 e. The molecule has 1 aliphatic carbocycles. The highest BCUT2D eigenvalue weighted by Crippen LogP contribution is 2.34. The van der Waals surface area contributed by atoms with E-state index < -0.39 is 0 Å². The van der Waals surface area contributed by atoms with Crippen LogP contribution in [0.25, 0.3) is 0 Å². The van der Waals surface area contributed by atoms with E-state index in [0.29, 0.717) is 6.54 Å². The van der Waals surface area contributed by atoms with Gasteiger partial charge >= 0.3 is 0 Å². The second-order valence-electron chi connectivity index (χ2n) is 7.71. The minimum absolute atomic E-state index is 0.0991. The molecule has 0 aliphatic heterocycles. The van der Waals surface area contributed by atoms with Crippen molar-refractivity contribution in [1.82, 2.24) is 14.5 Å². The summed E-state index contributed by atoms with van der Waals surface area (Å²) in [5.74, 6) is 0.0991. The Kier molecular flexibility index (Phi) is 5.03. The molecule has 4 rings (SSSR count). The van der Waals surface area contributed by atoms with E-state index in [9.17, 15) is 4.79 Å². The van der Waals surface area contributed by atoms with Gasteiger partial charge in [-0.2, -0.15) is 0 Å². The number of aryl methyl sites for hydroxylation is 2. The van der Waals surface area contributed by atoms with Crippen LogP contribution < -0.4 is 0 Å². The van der Waals surface area contributed by atoms with Crippen LogP contribution in [0.5, 0.6) is 0 Å². The van der Waals surface area contributed by atoms with Gasteiger partial charge in [0.1, 0.15) is 0 Å². The predicted molar refractivity (Wildman–Crippen MR) is 111 cm³/mol. The van der Waals surface area contributed by atoms with Crippen molar-refractivity contribution in [2.75, 3.05) is 7.05 Å². The number of carbonyl (C=O) groups is 1. The van der Waals surface area contributed by atoms with Gasteiger partial charge in [-0.3, -0.25) is 9.78 Å². The first-order valence-corrected chi connectivity index (χ1v) is 9.98. The molecule has 0 N–H and O–H groups in total. The summed E-state index contributed by atoms with van der Waals surface area (Å²) in [7, 11) is 1.94. The van der Waals surface area contributed by atoms with Gasteiger partial charge in [0.05, 0.1) is 23.8 Å². The molecule has 2 aromatic heterocycles. The molecule has 1 atom stereocenters. The van der Waals surface area contributed by atoms with Crippen molar-refractivity contribution in [3.8, 4) is 0 Å². The predicted octanol–water partition coefficient (Wildman–Crippen LogP) is 4.70. The third kappa shape index (κ3) is 3.35. The van der Waals surface area contributed by atoms with E-state index in [0.717, 1.165) is 41.9 Å². The number of carbonyl (C=O) groups excluding carboxylic acids is 1. The average Bonchev–Trinajstić information content (AvgIpc) is 3.01. The Morgan fingerprint density at radius 1 is 1.18 bits per heavy atom. The van der Waals surface area contributed by atoms with Crippen LogP contribution in [-0.2, 0) is 13.0 Å². The van der Waals surface area contributed by atoms with Crippen molar-refractivity contribution in [2.24, 2.45) is 0 Å². The molecule has 0 fully saturated rings. The van der Waals surface area contributed by atoms with Crippen molar-refractivity contribution >= 4 is 5.91 Å². The van der Waals surface area contributed by atoms with Crippen LogP contribution in [-0.4, -0.2) is 27.4 Å². The Balaban J connectivity index is 1.61. The van der Waals surface area contributed by atoms with Gasteiger partial charge in [-0.05, 0) is 62.4 Å². The summed E-state index contributed by atoms with van der Waals surface area (Å²) in [6.07, 6.45) is 5.06. The second kappa shape index (κ2) is 7.63. The van der Waals surface area contributed by atoms with E-state index in [1.807, 2.05) is 49.3 Å². The molecule has 1 aliphatic rings.